The second-order valence-electron chi connectivity index (χ2n) is 4.43. The van der Waals surface area contributed by atoms with Crippen molar-refractivity contribution in [1.29, 1.82) is 0 Å². The molecule has 5 heteroatoms. The van der Waals surface area contributed by atoms with Gasteiger partial charge >= 0.3 is 0 Å². The summed E-state index contributed by atoms with van der Waals surface area (Å²) in [5, 5.41) is 4.86. The van der Waals surface area contributed by atoms with E-state index in [-0.39, 0.29) is 5.91 Å². The molecule has 1 amide bonds. The predicted molar refractivity (Wildman–Crippen MR) is 87.3 cm³/mol. The molecule has 21 heavy (non-hydrogen) atoms. The lowest BCUT2D eigenvalue weighted by Gasteiger charge is -2.03. The maximum Gasteiger partial charge on any atom is 0.251 e. The Labute approximate surface area is 134 Å². The number of nitrogens with one attached hydrogen (secondary N) is 1. The quantitative estimate of drug-likeness (QED) is 0.731. The van der Waals surface area contributed by atoms with Crippen molar-refractivity contribution >= 4 is 33.2 Å². The molecule has 3 rings (SSSR count). The van der Waals surface area contributed by atoms with E-state index in [0.717, 1.165) is 20.9 Å². The van der Waals surface area contributed by atoms with Gasteiger partial charge in [-0.05, 0) is 47.8 Å². The van der Waals surface area contributed by atoms with E-state index in [1.807, 2.05) is 41.8 Å². The molecule has 106 valence electrons. The van der Waals surface area contributed by atoms with Gasteiger partial charge in [-0.25, -0.2) is 0 Å². The van der Waals surface area contributed by atoms with Crippen LogP contribution in [0, 0.1) is 0 Å². The minimum absolute atomic E-state index is 0.114. The van der Waals surface area contributed by atoms with Gasteiger partial charge in [0, 0.05) is 10.0 Å². The Balaban J connectivity index is 1.62. The molecular formula is C16H12BrNO2S. The van der Waals surface area contributed by atoms with Crippen molar-refractivity contribution in [2.45, 2.75) is 6.54 Å². The number of benzene rings is 1. The molecule has 2 heterocycles. The average molecular weight is 362 g/mol. The summed E-state index contributed by atoms with van der Waals surface area (Å²) in [7, 11) is 0. The lowest BCUT2D eigenvalue weighted by Crippen LogP contribution is -2.22. The van der Waals surface area contributed by atoms with Crippen molar-refractivity contribution in [3.63, 3.8) is 0 Å². The van der Waals surface area contributed by atoms with E-state index in [9.17, 15) is 4.79 Å². The lowest BCUT2D eigenvalue weighted by atomic mass is 10.2. The van der Waals surface area contributed by atoms with Crippen LogP contribution in [0.3, 0.4) is 0 Å². The van der Waals surface area contributed by atoms with Crippen LogP contribution in [0.1, 0.15) is 16.1 Å². The van der Waals surface area contributed by atoms with Crippen molar-refractivity contribution in [2.75, 3.05) is 0 Å². The summed E-state index contributed by atoms with van der Waals surface area (Å²) < 4.78 is 6.67. The van der Waals surface area contributed by atoms with E-state index < -0.39 is 0 Å². The van der Waals surface area contributed by atoms with Gasteiger partial charge in [0.2, 0.25) is 0 Å². The van der Waals surface area contributed by atoms with Gasteiger partial charge in [0.25, 0.3) is 5.91 Å². The molecule has 0 aliphatic rings. The highest BCUT2D eigenvalue weighted by atomic mass is 79.9. The molecule has 0 atom stereocenters. The van der Waals surface area contributed by atoms with Crippen molar-refractivity contribution in [1.82, 2.24) is 5.32 Å². The minimum atomic E-state index is -0.114. The standard InChI is InChI=1S/C16H12BrNO2S/c17-12-5-3-11(4-6-12)16(19)18-10-13-7-8-14(20-13)15-2-1-9-21-15/h1-9H,10H2,(H,18,19). The normalized spacial score (nSPS) is 10.5. The van der Waals surface area contributed by atoms with Crippen LogP contribution >= 0.6 is 27.3 Å². The van der Waals surface area contributed by atoms with E-state index in [0.29, 0.717) is 12.1 Å². The van der Waals surface area contributed by atoms with Crippen LogP contribution in [0.25, 0.3) is 10.6 Å². The van der Waals surface area contributed by atoms with Crippen LogP contribution in [0.5, 0.6) is 0 Å². The Morgan fingerprint density at radius 2 is 1.95 bits per heavy atom. The predicted octanol–water partition coefficient (Wildman–Crippen LogP) is 4.70. The lowest BCUT2D eigenvalue weighted by molar-refractivity contribution is 0.0948. The number of halogens is 1. The first-order chi connectivity index (χ1) is 10.2. The first-order valence-corrected chi connectivity index (χ1v) is 8.06. The Kier molecular flexibility index (Phi) is 4.22. The highest BCUT2D eigenvalue weighted by Crippen LogP contribution is 2.26. The summed E-state index contributed by atoms with van der Waals surface area (Å²) in [6, 6.07) is 15.0. The fraction of sp³-hybridized carbons (Fsp3) is 0.0625. The zero-order valence-electron chi connectivity index (χ0n) is 11.0. The van der Waals surface area contributed by atoms with Gasteiger partial charge in [-0.2, -0.15) is 0 Å². The fourth-order valence-corrected chi connectivity index (χ4v) is 2.85. The number of amides is 1. The summed E-state index contributed by atoms with van der Waals surface area (Å²) in [6.07, 6.45) is 0. The Hall–Kier alpha value is -1.85. The second-order valence-corrected chi connectivity index (χ2v) is 6.30. The third-order valence-corrected chi connectivity index (χ3v) is 4.37. The van der Waals surface area contributed by atoms with Crippen LogP contribution in [0.2, 0.25) is 0 Å². The van der Waals surface area contributed by atoms with Gasteiger partial charge in [0.1, 0.15) is 11.5 Å². The summed E-state index contributed by atoms with van der Waals surface area (Å²) in [5.41, 5.74) is 0.628. The molecular weight excluding hydrogens is 350 g/mol. The Bertz CT molecular complexity index is 732. The molecule has 3 aromatic rings. The number of hydrogen-bond acceptors (Lipinski definition) is 3. The van der Waals surface area contributed by atoms with Crippen LogP contribution < -0.4 is 5.32 Å². The van der Waals surface area contributed by atoms with Gasteiger partial charge in [-0.3, -0.25) is 4.79 Å². The first kappa shape index (κ1) is 14.1. The van der Waals surface area contributed by atoms with Crippen molar-refractivity contribution in [3.8, 4) is 10.6 Å². The number of furan rings is 1. The molecule has 0 fully saturated rings. The summed E-state index contributed by atoms with van der Waals surface area (Å²) >= 11 is 4.97. The monoisotopic (exact) mass is 361 g/mol. The van der Waals surface area contributed by atoms with E-state index in [2.05, 4.69) is 21.2 Å². The van der Waals surface area contributed by atoms with Gasteiger partial charge < -0.3 is 9.73 Å². The van der Waals surface area contributed by atoms with Gasteiger partial charge in [0.05, 0.1) is 11.4 Å². The maximum atomic E-state index is 12.0. The number of thiophene rings is 1. The smallest absolute Gasteiger partial charge is 0.251 e. The minimum Gasteiger partial charge on any atom is -0.458 e. The van der Waals surface area contributed by atoms with E-state index in [1.54, 1.807) is 23.5 Å². The highest BCUT2D eigenvalue weighted by molar-refractivity contribution is 9.10. The first-order valence-electron chi connectivity index (χ1n) is 6.39. The molecule has 0 saturated heterocycles. The van der Waals surface area contributed by atoms with Crippen molar-refractivity contribution < 1.29 is 9.21 Å². The molecule has 3 nitrogen and oxygen atoms in total. The van der Waals surface area contributed by atoms with E-state index >= 15 is 0 Å². The summed E-state index contributed by atoms with van der Waals surface area (Å²) in [6.45, 7) is 0.375. The van der Waals surface area contributed by atoms with Crippen LogP contribution in [0.15, 0.2) is 62.8 Å². The van der Waals surface area contributed by atoms with E-state index in [4.69, 9.17) is 4.42 Å². The topological polar surface area (TPSA) is 42.2 Å². The SMILES string of the molecule is O=C(NCc1ccc(-c2cccs2)o1)c1ccc(Br)cc1. The third-order valence-electron chi connectivity index (χ3n) is 2.96. The average Bonchev–Trinajstić information content (AvgIpc) is 3.16. The Morgan fingerprint density at radius 1 is 1.14 bits per heavy atom. The van der Waals surface area contributed by atoms with Gasteiger partial charge in [-0.1, -0.05) is 22.0 Å². The van der Waals surface area contributed by atoms with Crippen LogP contribution in [-0.2, 0) is 6.54 Å². The third kappa shape index (κ3) is 3.43. The summed E-state index contributed by atoms with van der Waals surface area (Å²) in [4.78, 5) is 13.1. The molecule has 0 bridgehead atoms. The molecule has 0 aliphatic heterocycles. The summed E-state index contributed by atoms with van der Waals surface area (Å²) in [5.74, 6) is 1.46. The van der Waals surface area contributed by atoms with Crippen LogP contribution in [-0.4, -0.2) is 5.91 Å². The van der Waals surface area contributed by atoms with Gasteiger partial charge in [-0.15, -0.1) is 11.3 Å². The molecule has 0 aliphatic carbocycles. The highest BCUT2D eigenvalue weighted by Gasteiger charge is 2.08. The van der Waals surface area contributed by atoms with Gasteiger partial charge in [0.15, 0.2) is 0 Å². The molecule has 2 aromatic heterocycles. The fourth-order valence-electron chi connectivity index (χ4n) is 1.89. The zero-order valence-corrected chi connectivity index (χ0v) is 13.4. The molecule has 1 aromatic carbocycles. The Morgan fingerprint density at radius 3 is 2.67 bits per heavy atom. The van der Waals surface area contributed by atoms with Crippen molar-refractivity contribution in [3.05, 3.63) is 69.7 Å². The maximum absolute atomic E-state index is 12.0. The largest absolute Gasteiger partial charge is 0.458 e. The second kappa shape index (κ2) is 6.28. The number of carbonyl (C=O) groups is 1. The van der Waals surface area contributed by atoms with Crippen LogP contribution in [0.4, 0.5) is 0 Å². The molecule has 0 radical (unpaired) electrons. The number of rotatable bonds is 4. The number of carbonyl (C=O) groups excluding carboxylic acids is 1. The van der Waals surface area contributed by atoms with Crippen molar-refractivity contribution in [2.24, 2.45) is 0 Å². The van der Waals surface area contributed by atoms with E-state index in [1.165, 1.54) is 0 Å². The number of hydrogen-bond donors (Lipinski definition) is 1. The molecule has 0 unspecified atom stereocenters. The molecule has 0 spiro atoms. The zero-order chi connectivity index (χ0) is 14.7. The molecule has 1 N–H and O–H groups in total. The molecule has 0 saturated carbocycles.